The normalized spacial score (nSPS) is 12.4. The molecular formula is C45H26N4O. The van der Waals surface area contributed by atoms with Crippen molar-refractivity contribution in [3.63, 3.8) is 0 Å². The average molecular weight is 639 g/mol. The number of hydrogen-bond acceptors (Lipinski definition) is 5. The lowest BCUT2D eigenvalue weighted by molar-refractivity contribution is 0.667. The first-order valence-corrected chi connectivity index (χ1v) is 16.8. The molecule has 50 heavy (non-hydrogen) atoms. The highest BCUT2D eigenvalue weighted by Crippen LogP contribution is 2.52. The lowest BCUT2D eigenvalue weighted by atomic mass is 9.89. The number of aromatic nitrogens is 3. The largest absolute Gasteiger partial charge is 0.452 e. The van der Waals surface area contributed by atoms with Crippen molar-refractivity contribution in [2.45, 2.75) is 0 Å². The quantitative estimate of drug-likeness (QED) is 0.193. The van der Waals surface area contributed by atoms with Crippen LogP contribution >= 0.6 is 0 Å². The summed E-state index contributed by atoms with van der Waals surface area (Å²) in [7, 11) is 0. The molecule has 0 spiro atoms. The maximum Gasteiger partial charge on any atom is 0.180 e. The van der Waals surface area contributed by atoms with Gasteiger partial charge in [-0.3, -0.25) is 4.98 Å². The molecule has 232 valence electrons. The van der Waals surface area contributed by atoms with E-state index in [0.717, 1.165) is 55.6 Å². The Morgan fingerprint density at radius 1 is 0.500 bits per heavy atom. The number of anilines is 3. The predicted octanol–water partition coefficient (Wildman–Crippen LogP) is 12.0. The van der Waals surface area contributed by atoms with Crippen molar-refractivity contribution in [2.24, 2.45) is 0 Å². The van der Waals surface area contributed by atoms with Crippen LogP contribution in [0.15, 0.2) is 162 Å². The molecule has 0 unspecified atom stereocenters. The maximum absolute atomic E-state index is 6.44. The van der Waals surface area contributed by atoms with Crippen molar-refractivity contribution in [1.29, 1.82) is 0 Å². The molecule has 0 fully saturated rings. The molecule has 0 aliphatic carbocycles. The summed E-state index contributed by atoms with van der Waals surface area (Å²) < 4.78 is 6.44. The highest BCUT2D eigenvalue weighted by atomic mass is 16.3. The van der Waals surface area contributed by atoms with Crippen molar-refractivity contribution in [3.05, 3.63) is 158 Å². The minimum atomic E-state index is 0.635. The molecule has 0 atom stereocenters. The van der Waals surface area contributed by atoms with E-state index in [1.165, 1.54) is 38.4 Å². The third-order valence-electron chi connectivity index (χ3n) is 10.0. The van der Waals surface area contributed by atoms with Crippen LogP contribution in [0.1, 0.15) is 0 Å². The number of para-hydroxylation sites is 2. The van der Waals surface area contributed by atoms with Crippen LogP contribution in [0.4, 0.5) is 17.1 Å². The summed E-state index contributed by atoms with van der Waals surface area (Å²) in [5.74, 6) is 0.635. The maximum atomic E-state index is 6.44. The van der Waals surface area contributed by atoms with Crippen LogP contribution in [0, 0.1) is 0 Å². The number of furan rings is 1. The second-order valence-electron chi connectivity index (χ2n) is 12.8. The number of fused-ring (bicyclic) bond motifs is 7. The third-order valence-corrected chi connectivity index (χ3v) is 10.0. The fraction of sp³-hybridized carbons (Fsp3) is 0. The van der Waals surface area contributed by atoms with Gasteiger partial charge < -0.3 is 9.32 Å². The molecule has 0 bridgehead atoms. The lowest BCUT2D eigenvalue weighted by Crippen LogP contribution is -2.15. The first-order chi connectivity index (χ1) is 24.8. The Balaban J connectivity index is 1.11. The van der Waals surface area contributed by atoms with Crippen molar-refractivity contribution in [2.75, 3.05) is 4.90 Å². The Morgan fingerprint density at radius 3 is 2.10 bits per heavy atom. The molecule has 5 heteroatoms. The van der Waals surface area contributed by atoms with Gasteiger partial charge in [-0.2, -0.15) is 0 Å². The predicted molar refractivity (Wildman–Crippen MR) is 204 cm³/mol. The topological polar surface area (TPSA) is 55.1 Å². The Morgan fingerprint density at radius 2 is 1.22 bits per heavy atom. The van der Waals surface area contributed by atoms with Gasteiger partial charge in [0, 0.05) is 44.7 Å². The Hall–Kier alpha value is -6.85. The minimum Gasteiger partial charge on any atom is -0.452 e. The van der Waals surface area contributed by atoms with Crippen LogP contribution in [0.5, 0.6) is 0 Å². The molecule has 5 nitrogen and oxygen atoms in total. The van der Waals surface area contributed by atoms with Gasteiger partial charge in [-0.25, -0.2) is 9.97 Å². The van der Waals surface area contributed by atoms with E-state index in [-0.39, 0.29) is 0 Å². The van der Waals surface area contributed by atoms with Crippen LogP contribution in [0.3, 0.4) is 0 Å². The Labute approximate surface area is 286 Å². The van der Waals surface area contributed by atoms with Gasteiger partial charge in [0.2, 0.25) is 0 Å². The average Bonchev–Trinajstić information content (AvgIpc) is 3.56. The van der Waals surface area contributed by atoms with Crippen LogP contribution in [0.25, 0.3) is 88.3 Å². The fourth-order valence-corrected chi connectivity index (χ4v) is 7.73. The van der Waals surface area contributed by atoms with Gasteiger partial charge >= 0.3 is 0 Å². The van der Waals surface area contributed by atoms with Gasteiger partial charge in [0.15, 0.2) is 11.4 Å². The zero-order valence-corrected chi connectivity index (χ0v) is 26.7. The van der Waals surface area contributed by atoms with Gasteiger partial charge in [0.1, 0.15) is 16.8 Å². The molecule has 0 amide bonds. The summed E-state index contributed by atoms with van der Waals surface area (Å²) >= 11 is 0. The zero-order chi connectivity index (χ0) is 32.8. The number of hydrogen-bond donors (Lipinski definition) is 0. The molecule has 0 radical (unpaired) electrons. The summed E-state index contributed by atoms with van der Waals surface area (Å²) in [5, 5.41) is 6.94. The van der Waals surface area contributed by atoms with Crippen LogP contribution in [-0.2, 0) is 0 Å². The molecule has 0 saturated carbocycles. The first-order valence-electron chi connectivity index (χ1n) is 16.8. The number of nitrogens with zero attached hydrogens (tertiary/aromatic N) is 4. The van der Waals surface area contributed by atoms with Crippen LogP contribution in [-0.4, -0.2) is 15.0 Å². The fourth-order valence-electron chi connectivity index (χ4n) is 7.73. The van der Waals surface area contributed by atoms with Gasteiger partial charge in [-0.15, -0.1) is 0 Å². The van der Waals surface area contributed by atoms with Crippen molar-refractivity contribution in [1.82, 2.24) is 15.0 Å². The van der Waals surface area contributed by atoms with E-state index in [4.69, 9.17) is 19.4 Å². The Kier molecular flexibility index (Phi) is 5.60. The molecule has 1 aliphatic heterocycles. The molecule has 3 aromatic heterocycles. The summed E-state index contributed by atoms with van der Waals surface area (Å²) in [6.07, 6.45) is 1.82. The lowest BCUT2D eigenvalue weighted by Gasteiger charge is -2.34. The summed E-state index contributed by atoms with van der Waals surface area (Å²) in [6, 6.07) is 53.3. The van der Waals surface area contributed by atoms with E-state index in [0.29, 0.717) is 11.4 Å². The smallest absolute Gasteiger partial charge is 0.180 e. The van der Waals surface area contributed by atoms with Gasteiger partial charge in [0.05, 0.1) is 16.9 Å². The second kappa shape index (κ2) is 10.3. The van der Waals surface area contributed by atoms with E-state index in [1.54, 1.807) is 0 Å². The highest BCUT2D eigenvalue weighted by molar-refractivity contribution is 6.16. The number of rotatable bonds is 3. The zero-order valence-electron chi connectivity index (χ0n) is 26.7. The van der Waals surface area contributed by atoms with Crippen LogP contribution < -0.4 is 4.90 Å². The molecular weight excluding hydrogens is 613 g/mol. The number of benzene rings is 7. The van der Waals surface area contributed by atoms with E-state index in [1.807, 2.05) is 36.5 Å². The van der Waals surface area contributed by atoms with Gasteiger partial charge in [0.25, 0.3) is 0 Å². The summed E-state index contributed by atoms with van der Waals surface area (Å²) in [4.78, 5) is 17.5. The van der Waals surface area contributed by atoms with Crippen molar-refractivity contribution in [3.8, 4) is 33.8 Å². The Bertz CT molecular complexity index is 2990. The van der Waals surface area contributed by atoms with Gasteiger partial charge in [-0.05, 0) is 82.4 Å². The summed E-state index contributed by atoms with van der Waals surface area (Å²) in [6.45, 7) is 0. The number of pyridine rings is 1. The molecule has 4 heterocycles. The SMILES string of the molecule is c1ccc2cc3c(cc2c1)-c1cccc2cccc(c12)N3c1ccc(-c2nc(-c3cccc4cccnc34)c3oc4ccccc4c3n2)cc1. The molecule has 0 N–H and O–H groups in total. The van der Waals surface area contributed by atoms with Crippen LogP contribution in [0.2, 0.25) is 0 Å². The molecule has 1 aliphatic rings. The minimum absolute atomic E-state index is 0.635. The van der Waals surface area contributed by atoms with Crippen molar-refractivity contribution >= 4 is 71.6 Å². The molecule has 10 aromatic rings. The first kappa shape index (κ1) is 27.1. The third kappa shape index (κ3) is 3.92. The summed E-state index contributed by atoms with van der Waals surface area (Å²) in [5.41, 5.74) is 11.6. The van der Waals surface area contributed by atoms with Gasteiger partial charge in [-0.1, -0.05) is 91.0 Å². The monoisotopic (exact) mass is 638 g/mol. The van der Waals surface area contributed by atoms with E-state index in [2.05, 4.69) is 126 Å². The van der Waals surface area contributed by atoms with E-state index >= 15 is 0 Å². The standard InChI is InChI=1S/C45H26N4O/c1-2-10-31-26-38-36(25-30(31)9-1)33-16-5-11-27-12-7-18-37(40(27)33)49(38)32-22-20-29(21-23-32)45-47-42-34-15-3-4-19-39(34)50-44(42)43(48-45)35-17-6-13-28-14-8-24-46-41(28)35/h1-26H. The molecule has 0 saturated heterocycles. The highest BCUT2D eigenvalue weighted by Gasteiger charge is 2.27. The van der Waals surface area contributed by atoms with E-state index in [9.17, 15) is 0 Å². The van der Waals surface area contributed by atoms with E-state index < -0.39 is 0 Å². The van der Waals surface area contributed by atoms with Crippen molar-refractivity contribution < 1.29 is 4.42 Å². The molecule has 11 rings (SSSR count). The second-order valence-corrected chi connectivity index (χ2v) is 12.8. The molecule has 7 aromatic carbocycles.